The molecule has 2 N–H and O–H groups in total. The van der Waals surface area contributed by atoms with Crippen molar-refractivity contribution < 1.29 is 15.0 Å². The second-order valence-corrected chi connectivity index (χ2v) is 6.50. The van der Waals surface area contributed by atoms with Gasteiger partial charge in [0.05, 0.1) is 0 Å². The van der Waals surface area contributed by atoms with Gasteiger partial charge in [-0.05, 0) is 60.0 Å². The van der Waals surface area contributed by atoms with Gasteiger partial charge in [-0.1, -0.05) is 0 Å². The molecule has 0 unspecified atom stereocenters. The number of rotatable bonds is 6. The molecule has 1 rings (SSSR count). The van der Waals surface area contributed by atoms with E-state index in [0.29, 0.717) is 5.75 Å². The molecule has 0 aromatic heterocycles. The second kappa shape index (κ2) is 10.2. The smallest absolute Gasteiger partial charge is 0.300 e. The third-order valence-corrected chi connectivity index (χ3v) is 2.80. The Morgan fingerprint density at radius 2 is 1.17 bits per heavy atom. The Kier molecular flexibility index (Phi) is 9.48. The molecule has 23 heavy (non-hydrogen) atoms. The SMILES string of the molecule is CC(=O)O.CN(C)Cc1cc(CN(C)C)c(O)c(CN(C)C)c1. The van der Waals surface area contributed by atoms with Gasteiger partial charge in [0.25, 0.3) is 5.97 Å². The predicted molar refractivity (Wildman–Crippen MR) is 93.6 cm³/mol. The van der Waals surface area contributed by atoms with Gasteiger partial charge in [-0.25, -0.2) is 0 Å². The van der Waals surface area contributed by atoms with Gasteiger partial charge >= 0.3 is 0 Å². The minimum Gasteiger partial charge on any atom is -0.507 e. The molecule has 6 heteroatoms. The van der Waals surface area contributed by atoms with Crippen molar-refractivity contribution in [3.8, 4) is 5.75 Å². The van der Waals surface area contributed by atoms with Gasteiger partial charge in [0, 0.05) is 37.7 Å². The zero-order valence-electron chi connectivity index (χ0n) is 15.4. The van der Waals surface area contributed by atoms with Crippen LogP contribution in [0.4, 0.5) is 0 Å². The Hall–Kier alpha value is -1.63. The number of aliphatic carboxylic acids is 1. The van der Waals surface area contributed by atoms with Crippen molar-refractivity contribution in [1.82, 2.24) is 14.7 Å². The van der Waals surface area contributed by atoms with Crippen LogP contribution < -0.4 is 0 Å². The van der Waals surface area contributed by atoms with E-state index in [1.807, 2.05) is 28.2 Å². The molecule has 132 valence electrons. The predicted octanol–water partition coefficient (Wildman–Crippen LogP) is 1.67. The minimum atomic E-state index is -0.833. The van der Waals surface area contributed by atoms with Crippen molar-refractivity contribution in [3.63, 3.8) is 0 Å². The third-order valence-electron chi connectivity index (χ3n) is 2.80. The molecule has 1 aromatic carbocycles. The Bertz CT molecular complexity index is 465. The molecule has 0 fully saturated rings. The topological polar surface area (TPSA) is 67.2 Å². The van der Waals surface area contributed by atoms with Crippen LogP contribution in [0.15, 0.2) is 12.1 Å². The molecule has 6 nitrogen and oxygen atoms in total. The number of nitrogens with zero attached hydrogens (tertiary/aromatic N) is 3. The van der Waals surface area contributed by atoms with Crippen LogP contribution in [0.5, 0.6) is 5.75 Å². The molecule has 0 aliphatic heterocycles. The van der Waals surface area contributed by atoms with E-state index in [1.165, 1.54) is 5.56 Å². The maximum absolute atomic E-state index is 10.4. The zero-order valence-corrected chi connectivity index (χ0v) is 15.4. The number of benzene rings is 1. The van der Waals surface area contributed by atoms with Crippen molar-refractivity contribution in [2.75, 3.05) is 42.3 Å². The molecule has 0 heterocycles. The summed E-state index contributed by atoms with van der Waals surface area (Å²) in [6.07, 6.45) is 0. The van der Waals surface area contributed by atoms with E-state index in [0.717, 1.165) is 37.7 Å². The average molecular weight is 325 g/mol. The van der Waals surface area contributed by atoms with Crippen LogP contribution in [-0.2, 0) is 24.4 Å². The first-order valence-corrected chi connectivity index (χ1v) is 7.50. The fraction of sp³-hybridized carbons (Fsp3) is 0.588. The fourth-order valence-corrected chi connectivity index (χ4v) is 2.21. The second-order valence-electron chi connectivity index (χ2n) is 6.50. The number of carboxylic acids is 1. The standard InChI is InChI=1S/C15H27N3O.C2H4O2/c1-16(2)9-12-7-13(10-17(3)4)15(19)14(8-12)11-18(5)6;1-2(3)4/h7-8,19H,9-11H2,1-6H3;1H3,(H,3,4). The summed E-state index contributed by atoms with van der Waals surface area (Å²) in [7, 11) is 12.2. The lowest BCUT2D eigenvalue weighted by molar-refractivity contribution is -0.134. The number of carbonyl (C=O) groups is 1. The normalized spacial score (nSPS) is 10.9. The van der Waals surface area contributed by atoms with Crippen LogP contribution in [0, 0.1) is 0 Å². The average Bonchev–Trinajstić information content (AvgIpc) is 2.32. The van der Waals surface area contributed by atoms with Gasteiger partial charge in [0.2, 0.25) is 0 Å². The van der Waals surface area contributed by atoms with Gasteiger partial charge < -0.3 is 24.9 Å². The summed E-state index contributed by atoms with van der Waals surface area (Å²) in [5.74, 6) is -0.398. The molecule has 0 amide bonds. The van der Waals surface area contributed by atoms with E-state index < -0.39 is 5.97 Å². The summed E-state index contributed by atoms with van der Waals surface area (Å²) >= 11 is 0. The summed E-state index contributed by atoms with van der Waals surface area (Å²) in [4.78, 5) is 15.3. The monoisotopic (exact) mass is 325 g/mol. The highest BCUT2D eigenvalue weighted by molar-refractivity contribution is 5.62. The van der Waals surface area contributed by atoms with Crippen molar-refractivity contribution >= 4 is 5.97 Å². The Morgan fingerprint density at radius 1 is 0.870 bits per heavy atom. The first-order chi connectivity index (χ1) is 10.5. The maximum Gasteiger partial charge on any atom is 0.300 e. The van der Waals surface area contributed by atoms with E-state index in [9.17, 15) is 5.11 Å². The van der Waals surface area contributed by atoms with E-state index in [-0.39, 0.29) is 0 Å². The molecule has 0 aliphatic rings. The number of hydrogen-bond acceptors (Lipinski definition) is 5. The van der Waals surface area contributed by atoms with Crippen LogP contribution in [0.25, 0.3) is 0 Å². The number of carboxylic acid groups (broad SMARTS) is 1. The van der Waals surface area contributed by atoms with Gasteiger partial charge in [-0.3, -0.25) is 4.79 Å². The highest BCUT2D eigenvalue weighted by Crippen LogP contribution is 2.27. The molecule has 1 aromatic rings. The van der Waals surface area contributed by atoms with E-state index in [1.54, 1.807) is 0 Å². The van der Waals surface area contributed by atoms with Gasteiger partial charge in [0.1, 0.15) is 5.75 Å². The fourth-order valence-electron chi connectivity index (χ4n) is 2.21. The number of aromatic hydroxyl groups is 1. The Balaban J connectivity index is 0.00000108. The van der Waals surface area contributed by atoms with Gasteiger partial charge in [0.15, 0.2) is 0 Å². The third kappa shape index (κ3) is 9.89. The van der Waals surface area contributed by atoms with Crippen LogP contribution in [0.1, 0.15) is 23.6 Å². The first-order valence-electron chi connectivity index (χ1n) is 7.50. The lowest BCUT2D eigenvalue weighted by atomic mass is 10.0. The van der Waals surface area contributed by atoms with Crippen LogP contribution in [-0.4, -0.2) is 73.2 Å². The Labute approximate surface area is 139 Å². The Morgan fingerprint density at radius 3 is 1.43 bits per heavy atom. The zero-order chi connectivity index (χ0) is 18.2. The van der Waals surface area contributed by atoms with Crippen molar-refractivity contribution in [3.05, 3.63) is 28.8 Å². The van der Waals surface area contributed by atoms with Crippen LogP contribution >= 0.6 is 0 Å². The maximum atomic E-state index is 10.4. The highest BCUT2D eigenvalue weighted by atomic mass is 16.4. The summed E-state index contributed by atoms with van der Waals surface area (Å²) < 4.78 is 0. The van der Waals surface area contributed by atoms with Crippen molar-refractivity contribution in [2.24, 2.45) is 0 Å². The summed E-state index contributed by atoms with van der Waals surface area (Å²) in [5.41, 5.74) is 3.25. The van der Waals surface area contributed by atoms with Gasteiger partial charge in [-0.2, -0.15) is 0 Å². The van der Waals surface area contributed by atoms with E-state index >= 15 is 0 Å². The molecular formula is C17H31N3O3. The van der Waals surface area contributed by atoms with Crippen LogP contribution in [0.2, 0.25) is 0 Å². The van der Waals surface area contributed by atoms with Crippen molar-refractivity contribution in [2.45, 2.75) is 26.6 Å². The van der Waals surface area contributed by atoms with Crippen molar-refractivity contribution in [1.29, 1.82) is 0 Å². The van der Waals surface area contributed by atoms with E-state index in [4.69, 9.17) is 9.90 Å². The number of phenolic OH excluding ortho intramolecular Hbond substituents is 1. The minimum absolute atomic E-state index is 0.435. The number of phenols is 1. The molecular weight excluding hydrogens is 294 g/mol. The summed E-state index contributed by atoms with van der Waals surface area (Å²) in [5, 5.41) is 17.8. The highest BCUT2D eigenvalue weighted by Gasteiger charge is 2.12. The summed E-state index contributed by atoms with van der Waals surface area (Å²) in [6.45, 7) is 3.49. The lowest BCUT2D eigenvalue weighted by Crippen LogP contribution is -2.16. The van der Waals surface area contributed by atoms with Gasteiger partial charge in [-0.15, -0.1) is 0 Å². The quantitative estimate of drug-likeness (QED) is 0.829. The summed E-state index contributed by atoms with van der Waals surface area (Å²) in [6, 6.07) is 4.21. The lowest BCUT2D eigenvalue weighted by Gasteiger charge is -2.19. The molecule has 0 atom stereocenters. The number of hydrogen-bond donors (Lipinski definition) is 2. The molecule has 0 saturated carbocycles. The molecule has 0 radical (unpaired) electrons. The first kappa shape index (κ1) is 21.4. The van der Waals surface area contributed by atoms with Crippen LogP contribution in [0.3, 0.4) is 0 Å². The van der Waals surface area contributed by atoms with E-state index in [2.05, 4.69) is 40.9 Å². The molecule has 0 bridgehead atoms. The molecule has 0 aliphatic carbocycles. The molecule has 0 saturated heterocycles. The molecule has 0 spiro atoms. The largest absolute Gasteiger partial charge is 0.507 e.